The van der Waals surface area contributed by atoms with Crippen LogP contribution in [0.2, 0.25) is 0 Å². The summed E-state index contributed by atoms with van der Waals surface area (Å²) in [5.74, 6) is -0.329. The molecule has 1 heterocycles. The van der Waals surface area contributed by atoms with Crippen molar-refractivity contribution in [3.8, 4) is 0 Å². The Hall–Kier alpha value is -1.91. The minimum Gasteiger partial charge on any atom is -0.463 e. The average Bonchev–Trinajstić information content (AvgIpc) is 2.86. The van der Waals surface area contributed by atoms with Gasteiger partial charge < -0.3 is 9.84 Å². The summed E-state index contributed by atoms with van der Waals surface area (Å²) in [6, 6.07) is 6.01. The van der Waals surface area contributed by atoms with Crippen molar-refractivity contribution in [1.29, 1.82) is 0 Å². The van der Waals surface area contributed by atoms with E-state index in [2.05, 4.69) is 11.4 Å². The number of carbonyl (C=O) groups excluding carboxylic acids is 1. The van der Waals surface area contributed by atoms with E-state index in [9.17, 15) is 9.90 Å². The molecule has 0 spiro atoms. The van der Waals surface area contributed by atoms with E-state index < -0.39 is 5.60 Å². The molecule has 1 aromatic carbocycles. The van der Waals surface area contributed by atoms with Gasteiger partial charge in [-0.25, -0.2) is 4.79 Å². The number of benzene rings is 1. The van der Waals surface area contributed by atoms with Crippen molar-refractivity contribution in [3.63, 3.8) is 0 Å². The molecular weight excluding hydrogens is 266 g/mol. The number of hydrogen-bond acceptors (Lipinski definition) is 3. The minimum atomic E-state index is -0.625. The number of hydrogen-bond donors (Lipinski definition) is 2. The van der Waals surface area contributed by atoms with Crippen LogP contribution in [0.5, 0.6) is 0 Å². The molecule has 2 aliphatic rings. The molecule has 4 nitrogen and oxygen atoms in total. The van der Waals surface area contributed by atoms with Gasteiger partial charge in [0.25, 0.3) is 0 Å². The molecule has 0 atom stereocenters. The van der Waals surface area contributed by atoms with Crippen LogP contribution in [0.25, 0.3) is 12.2 Å². The molecule has 0 saturated heterocycles. The van der Waals surface area contributed by atoms with Gasteiger partial charge in [-0.2, -0.15) is 0 Å². The first-order valence-electron chi connectivity index (χ1n) is 7.39. The van der Waals surface area contributed by atoms with Crippen molar-refractivity contribution >= 4 is 23.8 Å². The molecule has 1 saturated carbocycles. The predicted octanol–water partition coefficient (Wildman–Crippen LogP) is 1.73. The Balaban J connectivity index is 1.73. The lowest BCUT2D eigenvalue weighted by Crippen LogP contribution is -2.79. The first-order valence-corrected chi connectivity index (χ1v) is 7.39. The Kier molecular flexibility index (Phi) is 3.66. The standard InChI is InChI=1S/C17H19NO3/c1-2-21-16(19)7-5-12-4-6-13-11-15(18-14(13)10-12)17(20)8-3-9-17/h4-7,10-11,18,20H,2-3,8-9H2,1H3/p+1/b7-5+. The number of nitrogens with two attached hydrogens (primary N) is 1. The van der Waals surface area contributed by atoms with E-state index in [0.717, 1.165) is 41.8 Å². The van der Waals surface area contributed by atoms with E-state index in [4.69, 9.17) is 4.74 Å². The van der Waals surface area contributed by atoms with Gasteiger partial charge in [0, 0.05) is 23.8 Å². The van der Waals surface area contributed by atoms with Crippen LogP contribution in [0.3, 0.4) is 0 Å². The smallest absolute Gasteiger partial charge is 0.330 e. The third-order valence-electron chi connectivity index (χ3n) is 4.15. The van der Waals surface area contributed by atoms with Gasteiger partial charge in [0.05, 0.1) is 6.61 Å². The van der Waals surface area contributed by atoms with Crippen molar-refractivity contribution in [3.05, 3.63) is 41.1 Å². The normalized spacial score (nSPS) is 19.0. The number of fused-ring (bicyclic) bond motifs is 1. The summed E-state index contributed by atoms with van der Waals surface area (Å²) < 4.78 is 4.86. The number of aliphatic hydroxyl groups is 1. The third-order valence-corrected chi connectivity index (χ3v) is 4.15. The maximum absolute atomic E-state index is 11.3. The highest BCUT2D eigenvalue weighted by molar-refractivity contribution is 5.87. The molecule has 1 aliphatic heterocycles. The van der Waals surface area contributed by atoms with Crippen LogP contribution in [0, 0.1) is 0 Å². The number of quaternary nitrogens is 1. The van der Waals surface area contributed by atoms with E-state index in [1.54, 1.807) is 13.0 Å². The SMILES string of the molecule is CCOC(=O)/C=C/c1ccc2c(c1)[NH2+]C(C1(O)CCC1)=C2. The zero-order chi connectivity index (χ0) is 14.9. The Morgan fingerprint density at radius 2 is 2.29 bits per heavy atom. The molecule has 3 rings (SSSR count). The molecule has 1 aromatic rings. The van der Waals surface area contributed by atoms with E-state index in [1.807, 2.05) is 18.2 Å². The summed E-state index contributed by atoms with van der Waals surface area (Å²) in [4.78, 5) is 11.3. The largest absolute Gasteiger partial charge is 0.463 e. The van der Waals surface area contributed by atoms with E-state index in [1.165, 1.54) is 6.08 Å². The fourth-order valence-electron chi connectivity index (χ4n) is 2.75. The summed E-state index contributed by atoms with van der Waals surface area (Å²) in [7, 11) is 0. The molecule has 21 heavy (non-hydrogen) atoms. The second-order valence-corrected chi connectivity index (χ2v) is 5.60. The van der Waals surface area contributed by atoms with Crippen molar-refractivity contribution in [2.75, 3.05) is 6.61 Å². The van der Waals surface area contributed by atoms with Crippen LogP contribution in [-0.4, -0.2) is 23.3 Å². The average molecular weight is 286 g/mol. The highest BCUT2D eigenvalue weighted by atomic mass is 16.5. The monoisotopic (exact) mass is 286 g/mol. The topological polar surface area (TPSA) is 63.1 Å². The second kappa shape index (κ2) is 5.47. The maximum Gasteiger partial charge on any atom is 0.330 e. The molecular formula is C17H20NO3+. The lowest BCUT2D eigenvalue weighted by atomic mass is 9.78. The van der Waals surface area contributed by atoms with Gasteiger partial charge in [0.1, 0.15) is 17.0 Å². The van der Waals surface area contributed by atoms with Crippen molar-refractivity contribution in [1.82, 2.24) is 0 Å². The van der Waals surface area contributed by atoms with Crippen LogP contribution in [0.15, 0.2) is 30.0 Å². The van der Waals surface area contributed by atoms with Crippen molar-refractivity contribution in [2.24, 2.45) is 0 Å². The molecule has 0 amide bonds. The Bertz CT molecular complexity index is 627. The van der Waals surface area contributed by atoms with Gasteiger partial charge in [-0.05, 0) is 43.9 Å². The van der Waals surface area contributed by atoms with Gasteiger partial charge in [-0.15, -0.1) is 0 Å². The zero-order valence-electron chi connectivity index (χ0n) is 12.1. The van der Waals surface area contributed by atoms with Crippen LogP contribution in [0.4, 0.5) is 5.69 Å². The molecule has 0 bridgehead atoms. The second-order valence-electron chi connectivity index (χ2n) is 5.60. The third kappa shape index (κ3) is 2.77. The maximum atomic E-state index is 11.3. The lowest BCUT2D eigenvalue weighted by molar-refractivity contribution is -0.531. The molecule has 0 aromatic heterocycles. The number of esters is 1. The summed E-state index contributed by atoms with van der Waals surface area (Å²) in [6.45, 7) is 2.17. The Morgan fingerprint density at radius 1 is 1.48 bits per heavy atom. The van der Waals surface area contributed by atoms with Gasteiger partial charge in [0.15, 0.2) is 0 Å². The molecule has 0 radical (unpaired) electrons. The Morgan fingerprint density at radius 3 is 2.95 bits per heavy atom. The van der Waals surface area contributed by atoms with Crippen LogP contribution in [-0.2, 0) is 9.53 Å². The zero-order valence-corrected chi connectivity index (χ0v) is 12.1. The predicted molar refractivity (Wildman–Crippen MR) is 80.5 cm³/mol. The van der Waals surface area contributed by atoms with Crippen LogP contribution < -0.4 is 5.32 Å². The minimum absolute atomic E-state index is 0.329. The molecule has 110 valence electrons. The summed E-state index contributed by atoms with van der Waals surface area (Å²) >= 11 is 0. The van der Waals surface area contributed by atoms with Crippen molar-refractivity contribution in [2.45, 2.75) is 31.8 Å². The van der Waals surface area contributed by atoms with Gasteiger partial charge in [0.2, 0.25) is 0 Å². The van der Waals surface area contributed by atoms with E-state index >= 15 is 0 Å². The van der Waals surface area contributed by atoms with Gasteiger partial charge in [-0.3, -0.25) is 5.32 Å². The van der Waals surface area contributed by atoms with E-state index in [-0.39, 0.29) is 5.97 Å². The van der Waals surface area contributed by atoms with Gasteiger partial charge in [-0.1, -0.05) is 6.07 Å². The quantitative estimate of drug-likeness (QED) is 0.503. The molecule has 4 heteroatoms. The highest BCUT2D eigenvalue weighted by Gasteiger charge is 2.43. The number of carbonyl (C=O) groups is 1. The first kappa shape index (κ1) is 14.0. The van der Waals surface area contributed by atoms with Gasteiger partial charge >= 0.3 is 5.97 Å². The summed E-state index contributed by atoms with van der Waals surface area (Å²) in [5.41, 5.74) is 3.55. The molecule has 1 fully saturated rings. The summed E-state index contributed by atoms with van der Waals surface area (Å²) in [5, 5.41) is 12.5. The van der Waals surface area contributed by atoms with E-state index in [0.29, 0.717) is 6.61 Å². The fourth-order valence-corrected chi connectivity index (χ4v) is 2.75. The number of ether oxygens (including phenoxy) is 1. The van der Waals surface area contributed by atoms with Crippen LogP contribution in [0.1, 0.15) is 37.3 Å². The van der Waals surface area contributed by atoms with Crippen LogP contribution >= 0.6 is 0 Å². The van der Waals surface area contributed by atoms with Crippen molar-refractivity contribution < 1.29 is 20.0 Å². The summed E-state index contributed by atoms with van der Waals surface area (Å²) in [6.07, 6.45) is 8.03. The fraction of sp³-hybridized carbons (Fsp3) is 0.353. The first-order chi connectivity index (χ1) is 10.1. The lowest BCUT2D eigenvalue weighted by Gasteiger charge is -2.34. The Labute approximate surface area is 124 Å². The number of rotatable bonds is 4. The molecule has 1 aliphatic carbocycles. The molecule has 0 unspecified atom stereocenters. The molecule has 3 N–H and O–H groups in total. The highest BCUT2D eigenvalue weighted by Crippen LogP contribution is 2.38.